The van der Waals surface area contributed by atoms with Crippen LogP contribution in [-0.4, -0.2) is 20.4 Å². The number of aryl methyl sites for hydroxylation is 2. The molecule has 1 aromatic heterocycles. The van der Waals surface area contributed by atoms with Crippen molar-refractivity contribution < 1.29 is 26.8 Å². The van der Waals surface area contributed by atoms with Crippen molar-refractivity contribution in [2.75, 3.05) is 6.79 Å². The summed E-state index contributed by atoms with van der Waals surface area (Å²) >= 11 is 0. The third-order valence-corrected chi connectivity index (χ3v) is 5.09. The zero-order valence-corrected chi connectivity index (χ0v) is 13.4. The Morgan fingerprint density at radius 3 is 2.83 bits per heavy atom. The van der Waals surface area contributed by atoms with Gasteiger partial charge in [0.25, 0.3) is 0 Å². The molecule has 1 aliphatic rings. The first-order valence-corrected chi connectivity index (χ1v) is 8.31. The van der Waals surface area contributed by atoms with Gasteiger partial charge in [-0.25, -0.2) is 17.5 Å². The average Bonchev–Trinajstić information content (AvgIpc) is 2.84. The number of rotatable bonds is 4. The van der Waals surface area contributed by atoms with E-state index in [-0.39, 0.29) is 36.3 Å². The van der Waals surface area contributed by atoms with Gasteiger partial charge in [-0.3, -0.25) is 0 Å². The zero-order chi connectivity index (χ0) is 16.6. The quantitative estimate of drug-likeness (QED) is 0.911. The lowest BCUT2D eigenvalue weighted by molar-refractivity contribution is -0.0172. The van der Waals surface area contributed by atoms with Crippen LogP contribution in [0.4, 0.5) is 4.39 Å². The SMILES string of the molecule is Cc1noc(C)c1S(=O)(=O)NCc1cc(F)cc2c1OCOC2. The third kappa shape index (κ3) is 3.07. The summed E-state index contributed by atoms with van der Waals surface area (Å²) in [5.74, 6) is 0.157. The molecule has 0 amide bonds. The molecule has 7 nitrogen and oxygen atoms in total. The van der Waals surface area contributed by atoms with E-state index in [0.29, 0.717) is 16.9 Å². The van der Waals surface area contributed by atoms with E-state index in [0.717, 1.165) is 0 Å². The molecule has 2 aromatic rings. The summed E-state index contributed by atoms with van der Waals surface area (Å²) in [6, 6.07) is 2.54. The summed E-state index contributed by atoms with van der Waals surface area (Å²) < 4.78 is 56.2. The Bertz CT molecular complexity index is 828. The third-order valence-electron chi connectivity index (χ3n) is 3.44. The predicted octanol–water partition coefficient (Wildman–Crippen LogP) is 1.78. The van der Waals surface area contributed by atoms with E-state index in [2.05, 4.69) is 9.88 Å². The number of halogens is 1. The summed E-state index contributed by atoms with van der Waals surface area (Å²) in [6.07, 6.45) is 0. The Kier molecular flexibility index (Phi) is 4.09. The van der Waals surface area contributed by atoms with E-state index in [9.17, 15) is 12.8 Å². The molecule has 0 bridgehead atoms. The second kappa shape index (κ2) is 5.91. The highest BCUT2D eigenvalue weighted by Crippen LogP contribution is 2.30. The first kappa shape index (κ1) is 15.9. The fourth-order valence-corrected chi connectivity index (χ4v) is 3.82. The van der Waals surface area contributed by atoms with E-state index >= 15 is 0 Å². The molecule has 124 valence electrons. The highest BCUT2D eigenvalue weighted by Gasteiger charge is 2.25. The van der Waals surface area contributed by atoms with Crippen molar-refractivity contribution in [1.82, 2.24) is 9.88 Å². The summed E-state index contributed by atoms with van der Waals surface area (Å²) in [5, 5.41) is 3.63. The molecule has 0 saturated heterocycles. The van der Waals surface area contributed by atoms with Gasteiger partial charge >= 0.3 is 0 Å². The minimum atomic E-state index is -3.83. The van der Waals surface area contributed by atoms with Gasteiger partial charge < -0.3 is 14.0 Å². The van der Waals surface area contributed by atoms with E-state index in [4.69, 9.17) is 14.0 Å². The van der Waals surface area contributed by atoms with Gasteiger partial charge in [-0.15, -0.1) is 0 Å². The Balaban J connectivity index is 1.88. The van der Waals surface area contributed by atoms with Gasteiger partial charge in [0.2, 0.25) is 10.0 Å². The fraction of sp³-hybridized carbons (Fsp3) is 0.357. The van der Waals surface area contributed by atoms with Gasteiger partial charge in [0.05, 0.1) is 6.61 Å². The molecular weight excluding hydrogens is 327 g/mol. The van der Waals surface area contributed by atoms with Crippen molar-refractivity contribution in [2.45, 2.75) is 31.9 Å². The molecule has 1 aromatic carbocycles. The van der Waals surface area contributed by atoms with E-state index in [1.54, 1.807) is 0 Å². The highest BCUT2D eigenvalue weighted by molar-refractivity contribution is 7.89. The lowest BCUT2D eigenvalue weighted by Gasteiger charge is -2.21. The topological polar surface area (TPSA) is 90.7 Å². The minimum Gasteiger partial charge on any atom is -0.467 e. The molecule has 0 unspecified atom stereocenters. The molecule has 1 aliphatic heterocycles. The van der Waals surface area contributed by atoms with Gasteiger partial charge in [-0.1, -0.05) is 5.16 Å². The Hall–Kier alpha value is -1.97. The molecule has 3 rings (SSSR count). The van der Waals surface area contributed by atoms with E-state index in [1.165, 1.54) is 26.0 Å². The predicted molar refractivity (Wildman–Crippen MR) is 76.7 cm³/mol. The molecule has 23 heavy (non-hydrogen) atoms. The van der Waals surface area contributed by atoms with Gasteiger partial charge in [0.1, 0.15) is 22.2 Å². The smallest absolute Gasteiger partial charge is 0.246 e. The number of ether oxygens (including phenoxy) is 2. The number of nitrogens with zero attached hydrogens (tertiary/aromatic N) is 1. The van der Waals surface area contributed by atoms with Gasteiger partial charge in [0, 0.05) is 17.7 Å². The van der Waals surface area contributed by atoms with Crippen LogP contribution >= 0.6 is 0 Å². The fourth-order valence-electron chi connectivity index (χ4n) is 2.49. The maximum atomic E-state index is 13.7. The second-order valence-corrected chi connectivity index (χ2v) is 6.85. The zero-order valence-electron chi connectivity index (χ0n) is 12.6. The van der Waals surface area contributed by atoms with Crippen LogP contribution in [0.1, 0.15) is 22.6 Å². The number of nitrogens with one attached hydrogen (secondary N) is 1. The summed E-state index contributed by atoms with van der Waals surface area (Å²) in [6.45, 7) is 3.19. The number of sulfonamides is 1. The standard InChI is InChI=1S/C14H15FN2O5S/c1-8-14(9(2)22-17-8)23(18,19)16-5-10-3-12(15)4-11-6-20-7-21-13(10)11/h3-4,16H,5-7H2,1-2H3. The first-order valence-electron chi connectivity index (χ1n) is 6.83. The molecule has 2 heterocycles. The highest BCUT2D eigenvalue weighted by atomic mass is 32.2. The molecular formula is C14H15FN2O5S. The lowest BCUT2D eigenvalue weighted by atomic mass is 10.1. The van der Waals surface area contributed by atoms with Crippen molar-refractivity contribution >= 4 is 10.0 Å². The summed E-state index contributed by atoms with van der Waals surface area (Å²) in [7, 11) is -3.83. The number of aromatic nitrogens is 1. The first-order chi connectivity index (χ1) is 10.9. The van der Waals surface area contributed by atoms with Crippen LogP contribution < -0.4 is 9.46 Å². The van der Waals surface area contributed by atoms with Gasteiger partial charge in [-0.05, 0) is 26.0 Å². The van der Waals surface area contributed by atoms with Crippen molar-refractivity contribution in [3.05, 3.63) is 40.5 Å². The van der Waals surface area contributed by atoms with Gasteiger partial charge in [0.15, 0.2) is 12.6 Å². The van der Waals surface area contributed by atoms with Crippen molar-refractivity contribution in [2.24, 2.45) is 0 Å². The van der Waals surface area contributed by atoms with Crippen LogP contribution in [0, 0.1) is 19.7 Å². The Morgan fingerprint density at radius 2 is 2.13 bits per heavy atom. The number of hydrogen-bond acceptors (Lipinski definition) is 6. The summed E-state index contributed by atoms with van der Waals surface area (Å²) in [5.41, 5.74) is 1.21. The van der Waals surface area contributed by atoms with Crippen LogP contribution in [0.3, 0.4) is 0 Å². The van der Waals surface area contributed by atoms with Crippen molar-refractivity contribution in [3.63, 3.8) is 0 Å². The Labute approximate surface area is 132 Å². The monoisotopic (exact) mass is 342 g/mol. The van der Waals surface area contributed by atoms with Gasteiger partial charge in [-0.2, -0.15) is 0 Å². The molecule has 0 radical (unpaired) electrons. The largest absolute Gasteiger partial charge is 0.467 e. The maximum Gasteiger partial charge on any atom is 0.246 e. The number of benzene rings is 1. The van der Waals surface area contributed by atoms with Crippen molar-refractivity contribution in [3.8, 4) is 5.75 Å². The summed E-state index contributed by atoms with van der Waals surface area (Å²) in [4.78, 5) is -0.00739. The molecule has 0 fully saturated rings. The molecule has 0 saturated carbocycles. The normalized spacial score (nSPS) is 14.4. The van der Waals surface area contributed by atoms with E-state index < -0.39 is 15.8 Å². The molecule has 9 heteroatoms. The Morgan fingerprint density at radius 1 is 1.35 bits per heavy atom. The van der Waals surface area contributed by atoms with Crippen LogP contribution in [-0.2, 0) is 27.9 Å². The number of fused-ring (bicyclic) bond motifs is 1. The van der Waals surface area contributed by atoms with Crippen molar-refractivity contribution in [1.29, 1.82) is 0 Å². The lowest BCUT2D eigenvalue weighted by Crippen LogP contribution is -2.25. The van der Waals surface area contributed by atoms with Crippen LogP contribution in [0.25, 0.3) is 0 Å². The molecule has 0 spiro atoms. The van der Waals surface area contributed by atoms with Crippen LogP contribution in [0.5, 0.6) is 5.75 Å². The molecule has 0 aliphatic carbocycles. The average molecular weight is 342 g/mol. The molecule has 0 atom stereocenters. The molecule has 1 N–H and O–H groups in total. The minimum absolute atomic E-state index is 0.00739. The number of hydrogen-bond donors (Lipinski definition) is 1. The van der Waals surface area contributed by atoms with E-state index in [1.807, 2.05) is 0 Å². The van der Waals surface area contributed by atoms with Crippen LogP contribution in [0.15, 0.2) is 21.6 Å². The van der Waals surface area contributed by atoms with Crippen LogP contribution in [0.2, 0.25) is 0 Å². The second-order valence-electron chi connectivity index (χ2n) is 5.14. The maximum absolute atomic E-state index is 13.7.